The van der Waals surface area contributed by atoms with E-state index in [-0.39, 0.29) is 5.91 Å². The molecule has 1 saturated carbocycles. The fourth-order valence-electron chi connectivity index (χ4n) is 3.22. The maximum Gasteiger partial charge on any atom is 0.234 e. The van der Waals surface area contributed by atoms with Crippen LogP contribution in [0.3, 0.4) is 0 Å². The summed E-state index contributed by atoms with van der Waals surface area (Å²) in [4.78, 5) is 14.5. The van der Waals surface area contributed by atoms with E-state index in [9.17, 15) is 4.79 Å². The molecule has 1 aromatic carbocycles. The Labute approximate surface area is 126 Å². The molecule has 1 heterocycles. The minimum Gasteiger partial charge on any atom is -0.351 e. The van der Waals surface area contributed by atoms with E-state index in [2.05, 4.69) is 22.5 Å². The van der Waals surface area contributed by atoms with Crippen LogP contribution in [0.25, 0.3) is 0 Å². The topological polar surface area (TPSA) is 44.4 Å². The monoisotopic (exact) mass is 287 g/mol. The van der Waals surface area contributed by atoms with Gasteiger partial charge in [-0.2, -0.15) is 0 Å². The average Bonchev–Trinajstić information content (AvgIpc) is 3.27. The van der Waals surface area contributed by atoms with Gasteiger partial charge >= 0.3 is 0 Å². The van der Waals surface area contributed by atoms with Crippen molar-refractivity contribution in [2.45, 2.75) is 50.9 Å². The molecule has 2 atom stereocenters. The van der Waals surface area contributed by atoms with E-state index in [4.69, 9.17) is 0 Å². The third kappa shape index (κ3) is 4.05. The molecule has 2 N–H and O–H groups in total. The van der Waals surface area contributed by atoms with E-state index in [1.54, 1.807) is 0 Å². The second kappa shape index (κ2) is 6.58. The molecule has 0 bridgehead atoms. The first-order chi connectivity index (χ1) is 10.2. The number of nitrogens with zero attached hydrogens (tertiary/aromatic N) is 1. The molecule has 2 aliphatic rings. The van der Waals surface area contributed by atoms with Crippen molar-refractivity contribution < 1.29 is 4.79 Å². The fraction of sp³-hybridized carbons (Fsp3) is 0.588. The lowest BCUT2D eigenvalue weighted by Crippen LogP contribution is -2.40. The Balaban J connectivity index is 1.36. The number of hydrogen-bond donors (Lipinski definition) is 2. The van der Waals surface area contributed by atoms with Crippen LogP contribution in [0.15, 0.2) is 30.3 Å². The summed E-state index contributed by atoms with van der Waals surface area (Å²) >= 11 is 0. The molecule has 0 radical (unpaired) electrons. The highest BCUT2D eigenvalue weighted by molar-refractivity contribution is 5.78. The van der Waals surface area contributed by atoms with Gasteiger partial charge in [-0.05, 0) is 31.7 Å². The molecular weight excluding hydrogens is 262 g/mol. The van der Waals surface area contributed by atoms with Crippen LogP contribution >= 0.6 is 0 Å². The summed E-state index contributed by atoms with van der Waals surface area (Å²) in [7, 11) is 0. The molecule has 4 nitrogen and oxygen atoms in total. The smallest absolute Gasteiger partial charge is 0.234 e. The third-order valence-electron chi connectivity index (χ3n) is 4.52. The highest BCUT2D eigenvalue weighted by Gasteiger charge is 2.38. The molecule has 0 aromatic heterocycles. The number of likely N-dealkylation sites (tertiary alicyclic amines) is 1. The van der Waals surface area contributed by atoms with Crippen LogP contribution < -0.4 is 10.6 Å². The standard InChI is InChI=1S/C17H25N3O/c1-13-9-15(12-20(13)16-7-8-16)18-11-17(21)19-10-14-5-3-2-4-6-14/h2-6,13,15-16,18H,7-12H2,1H3,(H,19,21). The van der Waals surface area contributed by atoms with Crippen molar-refractivity contribution >= 4 is 5.91 Å². The SMILES string of the molecule is CC1CC(NCC(=O)NCc2ccccc2)CN1C1CC1. The summed E-state index contributed by atoms with van der Waals surface area (Å²) in [5, 5.41) is 6.37. The van der Waals surface area contributed by atoms with Gasteiger partial charge in [0.2, 0.25) is 5.91 Å². The number of nitrogens with one attached hydrogen (secondary N) is 2. The Kier molecular flexibility index (Phi) is 4.56. The second-order valence-electron chi connectivity index (χ2n) is 6.35. The Morgan fingerprint density at radius 1 is 1.29 bits per heavy atom. The predicted molar refractivity (Wildman–Crippen MR) is 83.9 cm³/mol. The Morgan fingerprint density at radius 2 is 2.05 bits per heavy atom. The number of carbonyl (C=O) groups excluding carboxylic acids is 1. The van der Waals surface area contributed by atoms with Crippen LogP contribution in [0, 0.1) is 0 Å². The van der Waals surface area contributed by atoms with Crippen molar-refractivity contribution in [3.63, 3.8) is 0 Å². The Hall–Kier alpha value is -1.39. The molecule has 1 aliphatic carbocycles. The quantitative estimate of drug-likeness (QED) is 0.834. The van der Waals surface area contributed by atoms with Gasteiger partial charge in [0, 0.05) is 31.2 Å². The minimum absolute atomic E-state index is 0.0800. The first-order valence-corrected chi connectivity index (χ1v) is 8.02. The van der Waals surface area contributed by atoms with Crippen molar-refractivity contribution in [1.82, 2.24) is 15.5 Å². The van der Waals surface area contributed by atoms with Gasteiger partial charge in [0.05, 0.1) is 6.54 Å². The first-order valence-electron chi connectivity index (χ1n) is 8.02. The summed E-state index contributed by atoms with van der Waals surface area (Å²) in [5.41, 5.74) is 1.14. The van der Waals surface area contributed by atoms with E-state index >= 15 is 0 Å². The third-order valence-corrected chi connectivity index (χ3v) is 4.52. The molecule has 21 heavy (non-hydrogen) atoms. The van der Waals surface area contributed by atoms with Gasteiger partial charge in [0.1, 0.15) is 0 Å². The van der Waals surface area contributed by atoms with Crippen LogP contribution in [0.1, 0.15) is 31.7 Å². The van der Waals surface area contributed by atoms with Gasteiger partial charge in [-0.1, -0.05) is 30.3 Å². The zero-order valence-electron chi connectivity index (χ0n) is 12.7. The second-order valence-corrected chi connectivity index (χ2v) is 6.35. The van der Waals surface area contributed by atoms with Gasteiger partial charge in [0.15, 0.2) is 0 Å². The van der Waals surface area contributed by atoms with E-state index in [1.165, 1.54) is 12.8 Å². The molecule has 4 heteroatoms. The van der Waals surface area contributed by atoms with Crippen molar-refractivity contribution in [2.24, 2.45) is 0 Å². The number of hydrogen-bond acceptors (Lipinski definition) is 3. The minimum atomic E-state index is 0.0800. The van der Waals surface area contributed by atoms with E-state index in [0.29, 0.717) is 25.2 Å². The van der Waals surface area contributed by atoms with Crippen molar-refractivity contribution in [3.8, 4) is 0 Å². The van der Waals surface area contributed by atoms with Crippen LogP contribution in [0.4, 0.5) is 0 Å². The summed E-state index contributed by atoms with van der Waals surface area (Å²) in [5.74, 6) is 0.0800. The summed E-state index contributed by atoms with van der Waals surface area (Å²) in [6.07, 6.45) is 3.87. The fourth-order valence-corrected chi connectivity index (χ4v) is 3.22. The summed E-state index contributed by atoms with van der Waals surface area (Å²) < 4.78 is 0. The first kappa shape index (κ1) is 14.5. The molecule has 0 spiro atoms. The van der Waals surface area contributed by atoms with Crippen LogP contribution in [-0.2, 0) is 11.3 Å². The lowest BCUT2D eigenvalue weighted by atomic mass is 10.2. The van der Waals surface area contributed by atoms with Gasteiger partial charge in [0.25, 0.3) is 0 Å². The molecule has 3 rings (SSSR count). The van der Waals surface area contributed by atoms with Gasteiger partial charge < -0.3 is 10.6 Å². The predicted octanol–water partition coefficient (Wildman–Crippen LogP) is 1.52. The zero-order chi connectivity index (χ0) is 14.7. The number of amides is 1. The highest BCUT2D eigenvalue weighted by atomic mass is 16.1. The molecular formula is C17H25N3O. The van der Waals surface area contributed by atoms with E-state index in [1.807, 2.05) is 30.3 Å². The maximum absolute atomic E-state index is 11.9. The van der Waals surface area contributed by atoms with Crippen LogP contribution in [0.5, 0.6) is 0 Å². The maximum atomic E-state index is 11.9. The number of rotatable bonds is 6. The van der Waals surface area contributed by atoms with E-state index in [0.717, 1.165) is 24.6 Å². The van der Waals surface area contributed by atoms with Gasteiger partial charge in [-0.15, -0.1) is 0 Å². The molecule has 2 fully saturated rings. The van der Waals surface area contributed by atoms with Gasteiger partial charge in [-0.25, -0.2) is 0 Å². The lowest BCUT2D eigenvalue weighted by Gasteiger charge is -2.19. The zero-order valence-corrected chi connectivity index (χ0v) is 12.7. The average molecular weight is 287 g/mol. The Morgan fingerprint density at radius 3 is 2.76 bits per heavy atom. The number of carbonyl (C=O) groups is 1. The summed E-state index contributed by atoms with van der Waals surface area (Å²) in [6.45, 7) is 4.42. The van der Waals surface area contributed by atoms with Crippen LogP contribution in [-0.4, -0.2) is 42.0 Å². The molecule has 1 aliphatic heterocycles. The molecule has 1 aromatic rings. The highest BCUT2D eigenvalue weighted by Crippen LogP contribution is 2.33. The number of benzene rings is 1. The molecule has 114 valence electrons. The molecule has 1 amide bonds. The molecule has 1 saturated heterocycles. The van der Waals surface area contributed by atoms with Crippen molar-refractivity contribution in [2.75, 3.05) is 13.1 Å². The lowest BCUT2D eigenvalue weighted by molar-refractivity contribution is -0.120. The molecule has 2 unspecified atom stereocenters. The van der Waals surface area contributed by atoms with Crippen LogP contribution in [0.2, 0.25) is 0 Å². The Bertz CT molecular complexity index is 472. The van der Waals surface area contributed by atoms with Gasteiger partial charge in [-0.3, -0.25) is 9.69 Å². The normalized spacial score (nSPS) is 26.0. The van der Waals surface area contributed by atoms with E-state index < -0.39 is 0 Å². The summed E-state index contributed by atoms with van der Waals surface area (Å²) in [6, 6.07) is 12.0. The van der Waals surface area contributed by atoms with Crippen molar-refractivity contribution in [3.05, 3.63) is 35.9 Å². The largest absolute Gasteiger partial charge is 0.351 e. The van der Waals surface area contributed by atoms with Crippen molar-refractivity contribution in [1.29, 1.82) is 0 Å².